The minimum absolute atomic E-state index is 0.0452. The molecular weight excluding hydrogens is 412 g/mol. The molecule has 0 radical (unpaired) electrons. The Labute approximate surface area is 186 Å². The van der Waals surface area contributed by atoms with Crippen molar-refractivity contribution in [2.45, 2.75) is 32.9 Å². The highest BCUT2D eigenvalue weighted by Gasteiger charge is 2.65. The SMILES string of the molecule is CC(C)(C)C(=O)C1C2C(=O)N(c3ccccc3Cl)C(=O)C2C2c3ccccc3C=CN12. The van der Waals surface area contributed by atoms with E-state index < -0.39 is 23.3 Å². The number of hydrogen-bond donors (Lipinski definition) is 0. The Balaban J connectivity index is 1.69. The maximum Gasteiger partial charge on any atom is 0.240 e. The van der Waals surface area contributed by atoms with Gasteiger partial charge in [-0.05, 0) is 29.3 Å². The zero-order valence-corrected chi connectivity index (χ0v) is 18.3. The summed E-state index contributed by atoms with van der Waals surface area (Å²) in [5.41, 5.74) is 1.69. The number of fused-ring (bicyclic) bond motifs is 5. The van der Waals surface area contributed by atoms with Gasteiger partial charge in [0.1, 0.15) is 6.04 Å². The van der Waals surface area contributed by atoms with Crippen molar-refractivity contribution in [3.63, 3.8) is 0 Å². The van der Waals surface area contributed by atoms with Crippen molar-refractivity contribution in [1.29, 1.82) is 0 Å². The van der Waals surface area contributed by atoms with Gasteiger partial charge in [-0.3, -0.25) is 14.4 Å². The van der Waals surface area contributed by atoms with Crippen LogP contribution in [0.15, 0.2) is 54.7 Å². The first-order valence-corrected chi connectivity index (χ1v) is 10.8. The van der Waals surface area contributed by atoms with Gasteiger partial charge in [0.2, 0.25) is 11.8 Å². The summed E-state index contributed by atoms with van der Waals surface area (Å²) >= 11 is 6.35. The lowest BCUT2D eigenvalue weighted by molar-refractivity contribution is -0.135. The number of halogens is 1. The number of hydrogen-bond acceptors (Lipinski definition) is 4. The average Bonchev–Trinajstić information content (AvgIpc) is 3.20. The molecule has 2 fully saturated rings. The first-order valence-electron chi connectivity index (χ1n) is 10.4. The van der Waals surface area contributed by atoms with Gasteiger partial charge in [-0.1, -0.05) is 68.8 Å². The highest BCUT2D eigenvalue weighted by molar-refractivity contribution is 6.36. The average molecular weight is 435 g/mol. The summed E-state index contributed by atoms with van der Waals surface area (Å²) in [6.07, 6.45) is 3.83. The Hall–Kier alpha value is -2.92. The summed E-state index contributed by atoms with van der Waals surface area (Å²) < 4.78 is 0. The van der Waals surface area contributed by atoms with E-state index >= 15 is 0 Å². The van der Waals surface area contributed by atoms with Crippen LogP contribution in [0, 0.1) is 17.3 Å². The molecule has 2 aromatic rings. The van der Waals surface area contributed by atoms with Crippen LogP contribution in [0.3, 0.4) is 0 Å². The fourth-order valence-electron chi connectivity index (χ4n) is 5.17. The Morgan fingerprint density at radius 2 is 1.58 bits per heavy atom. The smallest absolute Gasteiger partial charge is 0.240 e. The molecule has 5 rings (SSSR count). The molecule has 0 bridgehead atoms. The van der Waals surface area contributed by atoms with E-state index in [1.807, 2.05) is 62.2 Å². The zero-order chi connectivity index (χ0) is 22.1. The minimum atomic E-state index is -0.753. The third-order valence-electron chi connectivity index (χ3n) is 6.56. The third kappa shape index (κ3) is 2.79. The van der Waals surface area contributed by atoms with Crippen molar-refractivity contribution >= 4 is 41.0 Å². The molecule has 3 heterocycles. The number of rotatable bonds is 2. The van der Waals surface area contributed by atoms with Gasteiger partial charge in [0, 0.05) is 11.6 Å². The highest BCUT2D eigenvalue weighted by Crippen LogP contribution is 2.54. The monoisotopic (exact) mass is 434 g/mol. The van der Waals surface area contributed by atoms with Crippen LogP contribution in [0.5, 0.6) is 0 Å². The fourth-order valence-corrected chi connectivity index (χ4v) is 5.39. The normalized spacial score (nSPS) is 26.7. The van der Waals surface area contributed by atoms with Gasteiger partial charge in [-0.2, -0.15) is 0 Å². The predicted molar refractivity (Wildman–Crippen MR) is 119 cm³/mol. The number of carbonyl (C=O) groups is 3. The van der Waals surface area contributed by atoms with Crippen molar-refractivity contribution in [3.05, 3.63) is 70.9 Å². The topological polar surface area (TPSA) is 57.7 Å². The summed E-state index contributed by atoms with van der Waals surface area (Å²) in [4.78, 5) is 44.1. The van der Waals surface area contributed by atoms with Gasteiger partial charge >= 0.3 is 0 Å². The zero-order valence-electron chi connectivity index (χ0n) is 17.6. The first-order chi connectivity index (χ1) is 14.7. The molecule has 2 aromatic carbocycles. The lowest BCUT2D eigenvalue weighted by atomic mass is 9.79. The van der Waals surface area contributed by atoms with Gasteiger partial charge in [0.25, 0.3) is 0 Å². The molecule has 2 amide bonds. The number of imide groups is 1. The van der Waals surface area contributed by atoms with Gasteiger partial charge in [0.15, 0.2) is 5.78 Å². The number of Topliss-reactive ketones (excluding diaryl/α,β-unsaturated/α-hetero) is 1. The first kappa shape index (κ1) is 20.0. The van der Waals surface area contributed by atoms with E-state index in [0.29, 0.717) is 10.7 Å². The Bertz CT molecular complexity index is 1150. The maximum atomic E-state index is 13.7. The number of nitrogens with zero attached hydrogens (tertiary/aromatic N) is 2. The molecule has 3 aliphatic rings. The molecule has 0 N–H and O–H groups in total. The minimum Gasteiger partial charge on any atom is -0.359 e. The Morgan fingerprint density at radius 1 is 0.935 bits per heavy atom. The fraction of sp³-hybridized carbons (Fsp3) is 0.320. The maximum absolute atomic E-state index is 13.7. The standard InChI is InChI=1S/C25H23ClN2O3/c1-25(2,3)22(29)21-19-18(20-15-9-5-4-8-14(15)12-13-27(20)21)23(30)28(24(19)31)17-11-7-6-10-16(17)26/h4-13,18-21H,1-3H3. The van der Waals surface area contributed by atoms with E-state index in [0.717, 1.165) is 11.1 Å². The van der Waals surface area contributed by atoms with Crippen LogP contribution < -0.4 is 4.90 Å². The Morgan fingerprint density at radius 3 is 2.29 bits per heavy atom. The largest absolute Gasteiger partial charge is 0.359 e. The highest BCUT2D eigenvalue weighted by atomic mass is 35.5. The van der Waals surface area contributed by atoms with Crippen LogP contribution in [0.4, 0.5) is 5.69 Å². The van der Waals surface area contributed by atoms with E-state index in [-0.39, 0.29) is 23.6 Å². The van der Waals surface area contributed by atoms with E-state index in [9.17, 15) is 14.4 Å². The quantitative estimate of drug-likeness (QED) is 0.654. The molecule has 0 spiro atoms. The molecule has 3 aliphatic heterocycles. The van der Waals surface area contributed by atoms with E-state index in [1.54, 1.807) is 24.3 Å². The van der Waals surface area contributed by atoms with Gasteiger partial charge in [-0.15, -0.1) is 0 Å². The third-order valence-corrected chi connectivity index (χ3v) is 6.88. The molecular formula is C25H23ClN2O3. The number of amides is 2. The molecule has 5 nitrogen and oxygen atoms in total. The summed E-state index contributed by atoms with van der Waals surface area (Å²) in [7, 11) is 0. The van der Waals surface area contributed by atoms with Gasteiger partial charge in [0.05, 0.1) is 28.6 Å². The summed E-state index contributed by atoms with van der Waals surface area (Å²) in [5, 5.41) is 0.337. The number of para-hydroxylation sites is 1. The van der Waals surface area contributed by atoms with Crippen molar-refractivity contribution in [2.24, 2.45) is 17.3 Å². The molecule has 0 aliphatic carbocycles. The number of anilines is 1. The molecule has 4 atom stereocenters. The summed E-state index contributed by atoms with van der Waals surface area (Å²) in [6.45, 7) is 5.56. The van der Waals surface area contributed by atoms with Crippen LogP contribution in [0.2, 0.25) is 5.02 Å². The molecule has 158 valence electrons. The van der Waals surface area contributed by atoms with Crippen LogP contribution in [-0.2, 0) is 14.4 Å². The summed E-state index contributed by atoms with van der Waals surface area (Å²) in [6, 6.07) is 13.6. The van der Waals surface area contributed by atoms with Crippen molar-refractivity contribution in [2.75, 3.05) is 4.90 Å². The summed E-state index contributed by atoms with van der Waals surface area (Å²) in [5.74, 6) is -2.10. The van der Waals surface area contributed by atoms with E-state index in [1.165, 1.54) is 4.90 Å². The van der Waals surface area contributed by atoms with Crippen LogP contribution in [0.25, 0.3) is 6.08 Å². The van der Waals surface area contributed by atoms with Crippen molar-refractivity contribution < 1.29 is 14.4 Å². The van der Waals surface area contributed by atoms with Crippen LogP contribution in [0.1, 0.15) is 37.9 Å². The van der Waals surface area contributed by atoms with E-state index in [4.69, 9.17) is 11.6 Å². The van der Waals surface area contributed by atoms with E-state index in [2.05, 4.69) is 0 Å². The molecule has 6 heteroatoms. The second kappa shape index (κ2) is 6.79. The molecule has 0 aromatic heterocycles. The van der Waals surface area contributed by atoms with Gasteiger partial charge < -0.3 is 4.90 Å². The lowest BCUT2D eigenvalue weighted by Crippen LogP contribution is -2.47. The number of benzene rings is 2. The lowest BCUT2D eigenvalue weighted by Gasteiger charge is -2.37. The number of carbonyl (C=O) groups excluding carboxylic acids is 3. The molecule has 4 unspecified atom stereocenters. The van der Waals surface area contributed by atoms with Crippen molar-refractivity contribution in [3.8, 4) is 0 Å². The number of ketones is 1. The predicted octanol–water partition coefficient (Wildman–Crippen LogP) is 4.47. The Kier molecular flexibility index (Phi) is 4.38. The second-order valence-corrected chi connectivity index (χ2v) is 9.82. The van der Waals surface area contributed by atoms with Gasteiger partial charge in [-0.25, -0.2) is 4.90 Å². The second-order valence-electron chi connectivity index (χ2n) is 9.41. The van der Waals surface area contributed by atoms with Crippen LogP contribution >= 0.6 is 11.6 Å². The molecule has 2 saturated heterocycles. The van der Waals surface area contributed by atoms with Crippen molar-refractivity contribution in [1.82, 2.24) is 4.90 Å². The molecule has 31 heavy (non-hydrogen) atoms. The molecule has 0 saturated carbocycles. The van der Waals surface area contributed by atoms with Crippen LogP contribution in [-0.4, -0.2) is 28.5 Å².